The first-order valence-corrected chi connectivity index (χ1v) is 10.8. The summed E-state index contributed by atoms with van der Waals surface area (Å²) in [5, 5.41) is 3.02. The van der Waals surface area contributed by atoms with Crippen LogP contribution in [-0.2, 0) is 23.1 Å². The molecule has 0 saturated carbocycles. The van der Waals surface area contributed by atoms with Crippen molar-refractivity contribution in [1.82, 2.24) is 14.4 Å². The maximum absolute atomic E-state index is 13.2. The van der Waals surface area contributed by atoms with E-state index in [4.69, 9.17) is 4.74 Å². The summed E-state index contributed by atoms with van der Waals surface area (Å²) in [4.78, 5) is 29.8. The monoisotopic (exact) mass is 428 g/mol. The summed E-state index contributed by atoms with van der Waals surface area (Å²) in [6, 6.07) is 9.51. The second-order valence-corrected chi connectivity index (χ2v) is 8.00. The number of methoxy groups -OCH3 is 1. The van der Waals surface area contributed by atoms with E-state index in [0.717, 1.165) is 28.9 Å². The minimum atomic E-state index is -0.259. The molecule has 0 aliphatic rings. The van der Waals surface area contributed by atoms with Crippen LogP contribution in [0, 0.1) is 13.8 Å². The van der Waals surface area contributed by atoms with Crippen molar-refractivity contribution in [3.63, 3.8) is 0 Å². The molecule has 0 saturated heterocycles. The molecule has 0 unspecified atom stereocenters. The second-order valence-electron chi connectivity index (χ2n) is 8.00. The van der Waals surface area contributed by atoms with E-state index in [-0.39, 0.29) is 24.5 Å². The number of benzene rings is 1. The molecule has 2 aromatic rings. The topological polar surface area (TPSA) is 66.8 Å². The molecule has 1 N–H and O–H groups in total. The van der Waals surface area contributed by atoms with Crippen LogP contribution in [-0.4, -0.2) is 59.2 Å². The Morgan fingerprint density at radius 1 is 1.16 bits per heavy atom. The first kappa shape index (κ1) is 24.5. The van der Waals surface area contributed by atoms with Crippen LogP contribution < -0.4 is 5.32 Å². The molecule has 0 spiro atoms. The van der Waals surface area contributed by atoms with E-state index in [0.29, 0.717) is 19.7 Å². The lowest BCUT2D eigenvalue weighted by Crippen LogP contribution is -2.48. The van der Waals surface area contributed by atoms with Crippen molar-refractivity contribution < 1.29 is 14.3 Å². The number of carbonyl (C=O) groups excluding carboxylic acids is 2. The molecule has 0 radical (unpaired) electrons. The average Bonchev–Trinajstić information content (AvgIpc) is 3.15. The number of nitrogens with one attached hydrogen (secondary N) is 1. The Morgan fingerprint density at radius 3 is 2.39 bits per heavy atom. The van der Waals surface area contributed by atoms with Crippen molar-refractivity contribution in [1.29, 1.82) is 0 Å². The van der Waals surface area contributed by atoms with Gasteiger partial charge >= 0.3 is 6.03 Å². The van der Waals surface area contributed by atoms with Crippen LogP contribution in [0.1, 0.15) is 37.1 Å². The Kier molecular flexibility index (Phi) is 9.12. The largest absolute Gasteiger partial charge is 0.383 e. The molecule has 7 heteroatoms. The van der Waals surface area contributed by atoms with Gasteiger partial charge in [-0.2, -0.15) is 0 Å². The molecule has 170 valence electrons. The molecule has 31 heavy (non-hydrogen) atoms. The number of hydrogen-bond acceptors (Lipinski definition) is 3. The van der Waals surface area contributed by atoms with Crippen LogP contribution in [0.25, 0.3) is 0 Å². The molecule has 0 aliphatic carbocycles. The van der Waals surface area contributed by atoms with E-state index in [2.05, 4.69) is 5.32 Å². The van der Waals surface area contributed by atoms with Crippen LogP contribution in [0.2, 0.25) is 0 Å². The van der Waals surface area contributed by atoms with E-state index < -0.39 is 0 Å². The maximum Gasteiger partial charge on any atom is 0.322 e. The molecular weight excluding hydrogens is 392 g/mol. The fourth-order valence-corrected chi connectivity index (χ4v) is 3.43. The standard InChI is InChI=1S/C24H36N4O3/c1-7-20(4)28(24(30)25-23-18(2)10-8-11-19(23)3)17-22(29)27(14-15-31-6)16-21-12-9-13-26(21)5/h8-13,20H,7,14-17H2,1-6H3,(H,25,30)/t20-/m1/s1. The predicted molar refractivity (Wildman–Crippen MR) is 124 cm³/mol. The number of anilines is 1. The van der Waals surface area contributed by atoms with E-state index >= 15 is 0 Å². The molecule has 0 fully saturated rings. The summed E-state index contributed by atoms with van der Waals surface area (Å²) in [7, 11) is 3.58. The van der Waals surface area contributed by atoms with Gasteiger partial charge in [-0.15, -0.1) is 0 Å². The third-order valence-electron chi connectivity index (χ3n) is 5.72. The number of carbonyl (C=O) groups is 2. The van der Waals surface area contributed by atoms with Gasteiger partial charge in [-0.3, -0.25) is 4.79 Å². The number of rotatable bonds is 10. The van der Waals surface area contributed by atoms with E-state index in [1.165, 1.54) is 0 Å². The maximum atomic E-state index is 13.2. The Labute approximate surface area is 186 Å². The second kappa shape index (κ2) is 11.6. The Bertz CT molecular complexity index is 857. The van der Waals surface area contributed by atoms with Gasteiger partial charge in [0.05, 0.1) is 13.2 Å². The van der Waals surface area contributed by atoms with Crippen LogP contribution in [0.5, 0.6) is 0 Å². The molecule has 1 heterocycles. The van der Waals surface area contributed by atoms with Gasteiger partial charge in [-0.25, -0.2) is 4.79 Å². The van der Waals surface area contributed by atoms with Gasteiger partial charge in [0, 0.05) is 44.3 Å². The van der Waals surface area contributed by atoms with Gasteiger partial charge in [0.2, 0.25) is 5.91 Å². The van der Waals surface area contributed by atoms with Gasteiger partial charge in [0.1, 0.15) is 6.54 Å². The minimum absolute atomic E-state index is 0.0138. The smallest absolute Gasteiger partial charge is 0.322 e. The van der Waals surface area contributed by atoms with Crippen molar-refractivity contribution >= 4 is 17.6 Å². The van der Waals surface area contributed by atoms with E-state index in [1.807, 2.05) is 75.8 Å². The van der Waals surface area contributed by atoms with Crippen LogP contribution in [0.3, 0.4) is 0 Å². The molecule has 0 aliphatic heterocycles. The molecule has 3 amide bonds. The zero-order valence-corrected chi connectivity index (χ0v) is 19.6. The zero-order chi connectivity index (χ0) is 23.0. The highest BCUT2D eigenvalue weighted by Crippen LogP contribution is 2.20. The highest BCUT2D eigenvalue weighted by molar-refractivity contribution is 5.93. The third kappa shape index (κ3) is 6.59. The highest BCUT2D eigenvalue weighted by Gasteiger charge is 2.26. The number of urea groups is 1. The molecule has 0 bridgehead atoms. The summed E-state index contributed by atoms with van der Waals surface area (Å²) < 4.78 is 7.20. The van der Waals surface area contributed by atoms with Crippen LogP contribution >= 0.6 is 0 Å². The van der Waals surface area contributed by atoms with Gasteiger partial charge in [-0.05, 0) is 50.5 Å². The number of nitrogens with zero attached hydrogens (tertiary/aromatic N) is 3. The van der Waals surface area contributed by atoms with Crippen LogP contribution in [0.4, 0.5) is 10.5 Å². The normalized spacial score (nSPS) is 11.8. The molecule has 7 nitrogen and oxygen atoms in total. The molecule has 1 atom stereocenters. The minimum Gasteiger partial charge on any atom is -0.383 e. The first-order valence-electron chi connectivity index (χ1n) is 10.8. The lowest BCUT2D eigenvalue weighted by atomic mass is 10.1. The number of aromatic nitrogens is 1. The number of para-hydroxylation sites is 1. The summed E-state index contributed by atoms with van der Waals surface area (Å²) in [5.74, 6) is -0.102. The van der Waals surface area contributed by atoms with Crippen molar-refractivity contribution in [2.24, 2.45) is 7.05 Å². The van der Waals surface area contributed by atoms with Crippen molar-refractivity contribution in [3.05, 3.63) is 53.3 Å². The molecular formula is C24H36N4O3. The highest BCUT2D eigenvalue weighted by atomic mass is 16.5. The third-order valence-corrected chi connectivity index (χ3v) is 5.72. The summed E-state index contributed by atoms with van der Waals surface area (Å²) >= 11 is 0. The van der Waals surface area contributed by atoms with E-state index in [1.54, 1.807) is 16.9 Å². The summed E-state index contributed by atoms with van der Waals surface area (Å²) in [5.41, 5.74) is 3.82. The van der Waals surface area contributed by atoms with Crippen LogP contribution in [0.15, 0.2) is 36.5 Å². The molecule has 2 rings (SSSR count). The van der Waals surface area contributed by atoms with Gasteiger partial charge in [0.15, 0.2) is 0 Å². The Balaban J connectivity index is 2.19. The summed E-state index contributed by atoms with van der Waals surface area (Å²) in [6.07, 6.45) is 2.71. The molecule has 1 aromatic carbocycles. The van der Waals surface area contributed by atoms with Crippen molar-refractivity contribution in [2.45, 2.75) is 46.7 Å². The van der Waals surface area contributed by atoms with Gasteiger partial charge < -0.3 is 24.4 Å². The van der Waals surface area contributed by atoms with Crippen molar-refractivity contribution in [2.75, 3.05) is 32.1 Å². The summed E-state index contributed by atoms with van der Waals surface area (Å²) in [6.45, 7) is 9.30. The number of aryl methyl sites for hydroxylation is 3. The number of ether oxygens (including phenoxy) is 1. The number of hydrogen-bond donors (Lipinski definition) is 1. The number of amides is 3. The zero-order valence-electron chi connectivity index (χ0n) is 19.6. The Morgan fingerprint density at radius 2 is 1.84 bits per heavy atom. The SMILES string of the molecule is CC[C@@H](C)N(CC(=O)N(CCOC)Cc1cccn1C)C(=O)Nc1c(C)cccc1C. The quantitative estimate of drug-likeness (QED) is 0.623. The van der Waals surface area contributed by atoms with E-state index in [9.17, 15) is 9.59 Å². The fourth-order valence-electron chi connectivity index (χ4n) is 3.43. The lowest BCUT2D eigenvalue weighted by Gasteiger charge is -2.31. The predicted octanol–water partition coefficient (Wildman–Crippen LogP) is 3.95. The fraction of sp³-hybridized carbons (Fsp3) is 0.500. The van der Waals surface area contributed by atoms with Gasteiger partial charge in [-0.1, -0.05) is 25.1 Å². The Hall–Kier alpha value is -2.80. The molecule has 1 aromatic heterocycles. The van der Waals surface area contributed by atoms with Crippen molar-refractivity contribution in [3.8, 4) is 0 Å². The lowest BCUT2D eigenvalue weighted by molar-refractivity contribution is -0.133. The average molecular weight is 429 g/mol. The van der Waals surface area contributed by atoms with Gasteiger partial charge in [0.25, 0.3) is 0 Å². The first-order chi connectivity index (χ1) is 14.8.